The Hall–Kier alpha value is -1.26. The fraction of sp³-hybridized carbons (Fsp3) is 0.867. The molecule has 0 heterocycles. The van der Waals surface area contributed by atoms with Gasteiger partial charge in [-0.05, 0) is 43.9 Å². The molecule has 5 heteroatoms. The lowest BCUT2D eigenvalue weighted by molar-refractivity contribution is -0.137. The van der Waals surface area contributed by atoms with Crippen molar-refractivity contribution in [1.82, 2.24) is 10.6 Å². The first kappa shape index (κ1) is 15.1. The smallest absolute Gasteiger partial charge is 0.315 e. The third-order valence-electron chi connectivity index (χ3n) is 4.49. The second kappa shape index (κ2) is 6.95. The van der Waals surface area contributed by atoms with E-state index in [4.69, 9.17) is 5.11 Å². The first-order chi connectivity index (χ1) is 9.54. The molecule has 5 nitrogen and oxygen atoms in total. The summed E-state index contributed by atoms with van der Waals surface area (Å²) in [7, 11) is 0. The molecule has 2 amide bonds. The van der Waals surface area contributed by atoms with E-state index in [0.29, 0.717) is 5.92 Å². The summed E-state index contributed by atoms with van der Waals surface area (Å²) >= 11 is 0. The van der Waals surface area contributed by atoms with Gasteiger partial charge in [-0.2, -0.15) is 0 Å². The third kappa shape index (κ3) is 5.02. The number of carboxylic acids is 1. The van der Waals surface area contributed by atoms with E-state index in [1.165, 1.54) is 6.42 Å². The monoisotopic (exact) mass is 282 g/mol. The maximum absolute atomic E-state index is 12.0. The van der Waals surface area contributed by atoms with Crippen LogP contribution in [-0.4, -0.2) is 29.2 Å². The molecule has 0 spiro atoms. The van der Waals surface area contributed by atoms with Gasteiger partial charge in [0.25, 0.3) is 0 Å². The fourth-order valence-electron chi connectivity index (χ4n) is 3.05. The van der Waals surface area contributed by atoms with Crippen LogP contribution in [0, 0.1) is 11.8 Å². The molecule has 0 aromatic carbocycles. The van der Waals surface area contributed by atoms with Crippen LogP contribution in [0.5, 0.6) is 0 Å². The maximum Gasteiger partial charge on any atom is 0.315 e. The van der Waals surface area contributed by atoms with Crippen molar-refractivity contribution in [3.63, 3.8) is 0 Å². The highest BCUT2D eigenvalue weighted by molar-refractivity contribution is 5.76. The van der Waals surface area contributed by atoms with Crippen molar-refractivity contribution in [2.75, 3.05) is 0 Å². The molecule has 0 saturated heterocycles. The number of aliphatic carboxylic acids is 1. The van der Waals surface area contributed by atoms with E-state index < -0.39 is 5.97 Å². The molecule has 2 aliphatic carbocycles. The van der Waals surface area contributed by atoms with Crippen LogP contribution >= 0.6 is 0 Å². The zero-order valence-corrected chi connectivity index (χ0v) is 12.2. The summed E-state index contributed by atoms with van der Waals surface area (Å²) < 4.78 is 0. The number of carbonyl (C=O) groups excluding carboxylic acids is 1. The van der Waals surface area contributed by atoms with Crippen molar-refractivity contribution in [3.05, 3.63) is 0 Å². The Labute approximate surface area is 120 Å². The van der Waals surface area contributed by atoms with E-state index in [2.05, 4.69) is 17.6 Å². The summed E-state index contributed by atoms with van der Waals surface area (Å²) in [4.78, 5) is 22.8. The van der Waals surface area contributed by atoms with Crippen LogP contribution in [-0.2, 0) is 4.79 Å². The lowest BCUT2D eigenvalue weighted by atomic mass is 10.0. The first-order valence-electron chi connectivity index (χ1n) is 7.83. The lowest BCUT2D eigenvalue weighted by Crippen LogP contribution is -2.47. The average molecular weight is 282 g/mol. The van der Waals surface area contributed by atoms with E-state index in [1.807, 2.05) is 0 Å². The zero-order chi connectivity index (χ0) is 14.5. The first-order valence-corrected chi connectivity index (χ1v) is 7.83. The van der Waals surface area contributed by atoms with Crippen molar-refractivity contribution in [2.45, 2.75) is 70.4 Å². The molecule has 2 aliphatic rings. The Morgan fingerprint density at radius 1 is 1.15 bits per heavy atom. The summed E-state index contributed by atoms with van der Waals surface area (Å²) in [6, 6.07) is -0.162. The van der Waals surface area contributed by atoms with Gasteiger partial charge in [0.15, 0.2) is 0 Å². The molecule has 0 aliphatic heterocycles. The average Bonchev–Trinajstić information content (AvgIpc) is 3.17. The summed E-state index contributed by atoms with van der Waals surface area (Å²) in [5, 5.41) is 14.8. The van der Waals surface area contributed by atoms with Crippen LogP contribution in [0.25, 0.3) is 0 Å². The summed E-state index contributed by atoms with van der Waals surface area (Å²) in [6.45, 7) is 2.26. The number of amides is 2. The highest BCUT2D eigenvalue weighted by atomic mass is 16.4. The quantitative estimate of drug-likeness (QED) is 0.678. The van der Waals surface area contributed by atoms with E-state index in [-0.39, 0.29) is 24.5 Å². The summed E-state index contributed by atoms with van der Waals surface area (Å²) in [6.07, 6.45) is 7.70. The molecule has 0 aromatic rings. The van der Waals surface area contributed by atoms with Gasteiger partial charge < -0.3 is 15.7 Å². The minimum absolute atomic E-state index is 0.0276. The molecule has 2 rings (SSSR count). The number of urea groups is 1. The highest BCUT2D eigenvalue weighted by Crippen LogP contribution is 2.34. The Kier molecular flexibility index (Phi) is 5.26. The zero-order valence-electron chi connectivity index (χ0n) is 12.2. The molecule has 3 atom stereocenters. The number of rotatable bonds is 5. The number of hydrogen-bond acceptors (Lipinski definition) is 2. The Morgan fingerprint density at radius 3 is 2.55 bits per heavy atom. The topological polar surface area (TPSA) is 78.4 Å². The molecule has 0 aromatic heterocycles. The number of nitrogens with one attached hydrogen (secondary N) is 2. The third-order valence-corrected chi connectivity index (χ3v) is 4.49. The minimum Gasteiger partial charge on any atom is -0.481 e. The van der Waals surface area contributed by atoms with Crippen molar-refractivity contribution in [2.24, 2.45) is 11.8 Å². The standard InChI is InChI=1S/C15H26N2O3/c1-10-3-2-4-12(8-5-10)16-15(20)17-13(9-14(18)19)11-6-7-11/h10-13H,2-9H2,1H3,(H,18,19)(H2,16,17,20). The number of carbonyl (C=O) groups is 2. The van der Waals surface area contributed by atoms with E-state index in [9.17, 15) is 9.59 Å². The molecule has 0 bridgehead atoms. The molecular weight excluding hydrogens is 256 g/mol. The van der Waals surface area contributed by atoms with Crippen LogP contribution in [0.1, 0.15) is 58.3 Å². The SMILES string of the molecule is CC1CCCC(NC(=O)NC(CC(=O)O)C2CC2)CC1. The summed E-state index contributed by atoms with van der Waals surface area (Å²) in [5.41, 5.74) is 0. The van der Waals surface area contributed by atoms with Gasteiger partial charge in [-0.1, -0.05) is 19.8 Å². The van der Waals surface area contributed by atoms with Crippen LogP contribution in [0.2, 0.25) is 0 Å². The van der Waals surface area contributed by atoms with Gasteiger partial charge >= 0.3 is 12.0 Å². The second-order valence-electron chi connectivity index (χ2n) is 6.47. The van der Waals surface area contributed by atoms with Crippen molar-refractivity contribution in [1.29, 1.82) is 0 Å². The highest BCUT2D eigenvalue weighted by Gasteiger charge is 2.34. The van der Waals surface area contributed by atoms with E-state index in [1.54, 1.807) is 0 Å². The van der Waals surface area contributed by atoms with Crippen molar-refractivity contribution in [3.8, 4) is 0 Å². The predicted octanol–water partition coefficient (Wildman–Crippen LogP) is 2.51. The van der Waals surface area contributed by atoms with Crippen LogP contribution in [0.3, 0.4) is 0 Å². The summed E-state index contributed by atoms with van der Waals surface area (Å²) in [5.74, 6) is 0.257. The molecule has 0 radical (unpaired) electrons. The minimum atomic E-state index is -0.842. The van der Waals surface area contributed by atoms with Gasteiger partial charge in [0.1, 0.15) is 0 Å². The Balaban J connectivity index is 1.76. The number of carboxylic acid groups (broad SMARTS) is 1. The second-order valence-corrected chi connectivity index (χ2v) is 6.47. The Morgan fingerprint density at radius 2 is 1.90 bits per heavy atom. The van der Waals surface area contributed by atoms with Gasteiger partial charge in [0.05, 0.1) is 6.42 Å². The van der Waals surface area contributed by atoms with Crippen LogP contribution < -0.4 is 10.6 Å². The van der Waals surface area contributed by atoms with Gasteiger partial charge in [-0.15, -0.1) is 0 Å². The predicted molar refractivity (Wildman–Crippen MR) is 76.5 cm³/mol. The van der Waals surface area contributed by atoms with Gasteiger partial charge in [0.2, 0.25) is 0 Å². The van der Waals surface area contributed by atoms with Crippen LogP contribution in [0.15, 0.2) is 0 Å². The molecule has 20 heavy (non-hydrogen) atoms. The molecule has 2 fully saturated rings. The largest absolute Gasteiger partial charge is 0.481 e. The van der Waals surface area contributed by atoms with Crippen molar-refractivity contribution < 1.29 is 14.7 Å². The van der Waals surface area contributed by atoms with Crippen LogP contribution in [0.4, 0.5) is 4.79 Å². The fourth-order valence-corrected chi connectivity index (χ4v) is 3.05. The molecule has 3 N–H and O–H groups in total. The normalized spacial score (nSPS) is 28.2. The van der Waals surface area contributed by atoms with Gasteiger partial charge in [-0.25, -0.2) is 4.79 Å². The van der Waals surface area contributed by atoms with Gasteiger partial charge in [-0.3, -0.25) is 4.79 Å². The number of hydrogen-bond donors (Lipinski definition) is 3. The Bertz CT molecular complexity index is 355. The lowest BCUT2D eigenvalue weighted by Gasteiger charge is -2.21. The molecule has 114 valence electrons. The van der Waals surface area contributed by atoms with Crippen molar-refractivity contribution >= 4 is 12.0 Å². The molecular formula is C15H26N2O3. The molecule has 2 saturated carbocycles. The van der Waals surface area contributed by atoms with E-state index >= 15 is 0 Å². The van der Waals surface area contributed by atoms with E-state index in [0.717, 1.165) is 44.4 Å². The molecule has 3 unspecified atom stereocenters. The van der Waals surface area contributed by atoms with Gasteiger partial charge in [0, 0.05) is 12.1 Å². The maximum atomic E-state index is 12.0.